The third kappa shape index (κ3) is 7.18. The molecule has 1 fully saturated rings. The highest BCUT2D eigenvalue weighted by Gasteiger charge is 2.44. The van der Waals surface area contributed by atoms with Gasteiger partial charge in [0, 0.05) is 13.1 Å². The van der Waals surface area contributed by atoms with Gasteiger partial charge in [0.25, 0.3) is 11.8 Å². The molecular weight excluding hydrogens is 601 g/mol. The van der Waals surface area contributed by atoms with Crippen LogP contribution in [0.3, 0.4) is 0 Å². The number of hydrogen-bond donors (Lipinski definition) is 0. The number of carbonyl (C=O) groups excluding carboxylic acids is 2. The zero-order valence-electron chi connectivity index (χ0n) is 26.3. The maximum absolute atomic E-state index is 13.8. The van der Waals surface area contributed by atoms with Crippen molar-refractivity contribution < 1.29 is 19.1 Å². The zero-order chi connectivity index (χ0) is 31.9. The predicted molar refractivity (Wildman–Crippen MR) is 185 cm³/mol. The third-order valence-electron chi connectivity index (χ3n) is 7.78. The number of hydrogen-bond acceptors (Lipinski definition) is 6. The van der Waals surface area contributed by atoms with Gasteiger partial charge in [0.1, 0.15) is 30.3 Å². The lowest BCUT2D eigenvalue weighted by Gasteiger charge is -2.27. The van der Waals surface area contributed by atoms with E-state index in [1.54, 1.807) is 10.0 Å². The van der Waals surface area contributed by atoms with Gasteiger partial charge < -0.3 is 9.47 Å². The number of aryl methyl sites for hydroxylation is 1. The van der Waals surface area contributed by atoms with Crippen LogP contribution < -0.4 is 9.47 Å². The van der Waals surface area contributed by atoms with Crippen LogP contribution in [-0.2, 0) is 22.8 Å². The van der Waals surface area contributed by atoms with Crippen molar-refractivity contribution in [3.05, 3.63) is 105 Å². The summed E-state index contributed by atoms with van der Waals surface area (Å²) in [7, 11) is 0. The minimum absolute atomic E-state index is 0.223. The fourth-order valence-corrected chi connectivity index (χ4v) is 7.88. The number of benzene rings is 3. The van der Waals surface area contributed by atoms with Gasteiger partial charge in [-0.25, -0.2) is 10.0 Å². The Hall–Kier alpha value is -3.88. The molecule has 0 aromatic heterocycles. The molecule has 0 bridgehead atoms. The van der Waals surface area contributed by atoms with Crippen molar-refractivity contribution in [1.29, 1.82) is 0 Å². The fourth-order valence-electron chi connectivity index (χ4n) is 5.13. The second-order valence-corrected chi connectivity index (χ2v) is 13.4. The molecule has 0 unspecified atom stereocenters. The first-order valence-corrected chi connectivity index (χ1v) is 17.1. The van der Waals surface area contributed by atoms with E-state index >= 15 is 0 Å². The van der Waals surface area contributed by atoms with Gasteiger partial charge in [-0.15, -0.1) is 0 Å². The minimum Gasteiger partial charge on any atom is -0.488 e. The number of rotatable bonds is 14. The van der Waals surface area contributed by atoms with Gasteiger partial charge in [-0.05, 0) is 53.6 Å². The molecule has 45 heavy (non-hydrogen) atoms. The molecule has 0 spiro atoms. The number of fused-ring (bicyclic) bond motifs is 1. The Balaban J connectivity index is 1.49. The first kappa shape index (κ1) is 32.5. The van der Waals surface area contributed by atoms with Crippen LogP contribution in [0.25, 0.3) is 12.2 Å². The maximum atomic E-state index is 13.8. The number of nitrogens with zero attached hydrogens (tertiary/aromatic N) is 2. The van der Waals surface area contributed by atoms with Crippen molar-refractivity contribution in [3.63, 3.8) is 0 Å². The van der Waals surface area contributed by atoms with E-state index in [0.717, 1.165) is 69.0 Å². The van der Waals surface area contributed by atoms with Crippen LogP contribution in [0.5, 0.6) is 11.5 Å². The van der Waals surface area contributed by atoms with E-state index in [1.165, 1.54) is 23.5 Å². The summed E-state index contributed by atoms with van der Waals surface area (Å²) >= 11 is 2.86. The molecule has 0 radical (unpaired) electrons. The van der Waals surface area contributed by atoms with E-state index < -0.39 is 0 Å². The summed E-state index contributed by atoms with van der Waals surface area (Å²) < 4.78 is 13.5. The number of thioether (sulfide) groups is 2. The molecule has 8 heteroatoms. The number of carbonyl (C=O) groups is 2. The van der Waals surface area contributed by atoms with Crippen LogP contribution in [-0.4, -0.2) is 34.9 Å². The second kappa shape index (κ2) is 14.9. The van der Waals surface area contributed by atoms with Gasteiger partial charge in [-0.2, -0.15) is 0 Å². The quantitative estimate of drug-likeness (QED) is 0.129. The predicted octanol–water partition coefficient (Wildman–Crippen LogP) is 9.03. The van der Waals surface area contributed by atoms with E-state index in [9.17, 15) is 9.59 Å². The van der Waals surface area contributed by atoms with Gasteiger partial charge in [-0.1, -0.05) is 124 Å². The smallest absolute Gasteiger partial charge is 0.279 e. The third-order valence-corrected chi connectivity index (χ3v) is 10.4. The Morgan fingerprint density at radius 1 is 0.733 bits per heavy atom. The molecule has 2 aliphatic rings. The normalized spacial score (nSPS) is 14.3. The van der Waals surface area contributed by atoms with Crippen molar-refractivity contribution in [2.45, 2.75) is 69.5 Å². The molecule has 3 aromatic rings. The van der Waals surface area contributed by atoms with Crippen LogP contribution in [0.2, 0.25) is 0 Å². The highest BCUT2D eigenvalue weighted by atomic mass is 32.2. The summed E-state index contributed by atoms with van der Waals surface area (Å²) in [6.07, 6.45) is 7.18. The Morgan fingerprint density at radius 3 is 1.71 bits per heavy atom. The summed E-state index contributed by atoms with van der Waals surface area (Å²) in [5, 5.41) is 3.29. The molecule has 6 nitrogen and oxygen atoms in total. The van der Waals surface area contributed by atoms with E-state index in [-0.39, 0.29) is 17.4 Å². The van der Waals surface area contributed by atoms with Gasteiger partial charge in [0.15, 0.2) is 0 Å². The molecule has 2 amide bonds. The Labute approximate surface area is 275 Å². The molecule has 0 N–H and O–H groups in total. The summed E-state index contributed by atoms with van der Waals surface area (Å²) in [6.45, 7) is 15.7. The van der Waals surface area contributed by atoms with Crippen molar-refractivity contribution in [1.82, 2.24) is 10.0 Å². The lowest BCUT2D eigenvalue weighted by atomic mass is 10.1. The summed E-state index contributed by atoms with van der Waals surface area (Å²) in [5.74, 6) is 0.990. The highest BCUT2D eigenvalue weighted by molar-refractivity contribution is 8.25. The molecule has 234 valence electrons. The van der Waals surface area contributed by atoms with Crippen molar-refractivity contribution in [2.24, 2.45) is 0 Å². The molecular formula is C37H40N2O4S2. The summed E-state index contributed by atoms with van der Waals surface area (Å²) in [5.41, 5.74) is 5.32. The molecule has 3 aromatic carbocycles. The van der Waals surface area contributed by atoms with E-state index in [1.807, 2.05) is 73.7 Å². The van der Waals surface area contributed by atoms with Crippen molar-refractivity contribution in [3.8, 4) is 11.5 Å². The second-order valence-electron chi connectivity index (χ2n) is 11.1. The molecule has 0 aliphatic carbocycles. The fraction of sp³-hybridized carbons (Fsp3) is 0.297. The van der Waals surface area contributed by atoms with Gasteiger partial charge in [0.2, 0.25) is 0 Å². The monoisotopic (exact) mass is 640 g/mol. The number of amides is 2. The number of unbranched alkanes of at least 4 members (excludes halogenated alkanes) is 2. The Bertz CT molecular complexity index is 1580. The van der Waals surface area contributed by atoms with Crippen LogP contribution in [0.1, 0.15) is 67.3 Å². The first-order valence-electron chi connectivity index (χ1n) is 15.5. The van der Waals surface area contributed by atoms with Crippen molar-refractivity contribution in [2.75, 3.05) is 13.1 Å². The van der Waals surface area contributed by atoms with E-state index in [0.29, 0.717) is 36.3 Å². The van der Waals surface area contributed by atoms with Crippen LogP contribution in [0.15, 0.2) is 87.4 Å². The SMILES string of the molecule is C=Cc1ccc(COc2cc(C)c(OCc3ccc(C=C)cc3)c3c2SC(=C2C(=O)N(CCCC)N(CCCC)C2=O)S3)cc1. The van der Waals surface area contributed by atoms with Crippen molar-refractivity contribution >= 4 is 47.5 Å². The average Bonchev–Trinajstić information content (AvgIpc) is 3.59. The summed E-state index contributed by atoms with van der Waals surface area (Å²) in [4.78, 5) is 29.3. The van der Waals surface area contributed by atoms with Gasteiger partial charge >= 0.3 is 0 Å². The first-order chi connectivity index (χ1) is 21.9. The van der Waals surface area contributed by atoms with E-state index in [2.05, 4.69) is 27.0 Å². The lowest BCUT2D eigenvalue weighted by Crippen LogP contribution is -2.42. The van der Waals surface area contributed by atoms with Crippen LogP contribution in [0, 0.1) is 6.92 Å². The topological polar surface area (TPSA) is 59.1 Å². The average molecular weight is 641 g/mol. The number of ether oxygens (including phenoxy) is 2. The summed E-state index contributed by atoms with van der Waals surface area (Å²) in [6, 6.07) is 18.2. The van der Waals surface area contributed by atoms with Gasteiger partial charge in [-0.3, -0.25) is 9.59 Å². The molecule has 0 saturated carbocycles. The van der Waals surface area contributed by atoms with Crippen LogP contribution in [0.4, 0.5) is 0 Å². The lowest BCUT2D eigenvalue weighted by molar-refractivity contribution is -0.147. The van der Waals surface area contributed by atoms with Gasteiger partial charge in [0.05, 0.1) is 14.0 Å². The standard InChI is InChI=1S/C37H40N2O4S2/c1-6-10-20-38-35(40)31(36(41)39(38)21-11-7-2)37-44-33-30(42-23-28-16-12-26(8-3)13-17-28)22-25(5)32(34(33)45-37)43-24-29-18-14-27(9-4)15-19-29/h8-9,12-19,22H,3-4,6-7,10-11,20-21,23-24H2,1-2,5H3. The van der Waals surface area contributed by atoms with Crippen LogP contribution >= 0.6 is 23.5 Å². The zero-order valence-corrected chi connectivity index (χ0v) is 27.9. The van der Waals surface area contributed by atoms with E-state index in [4.69, 9.17) is 9.47 Å². The molecule has 2 aliphatic heterocycles. The molecule has 2 heterocycles. The maximum Gasteiger partial charge on any atom is 0.279 e. The molecule has 5 rings (SSSR count). The minimum atomic E-state index is -0.223. The number of hydrazine groups is 1. The Morgan fingerprint density at radius 2 is 1.22 bits per heavy atom. The molecule has 1 saturated heterocycles. The molecule has 0 atom stereocenters. The highest BCUT2D eigenvalue weighted by Crippen LogP contribution is 2.60. The largest absolute Gasteiger partial charge is 0.488 e. The Kier molecular flexibility index (Phi) is 10.8.